The van der Waals surface area contributed by atoms with Crippen LogP contribution in [0.2, 0.25) is 0 Å². The van der Waals surface area contributed by atoms with E-state index in [1.54, 1.807) is 32.1 Å². The Labute approximate surface area is 94.8 Å². The molecular weight excluding hydrogens is 180 g/mol. The van der Waals surface area contributed by atoms with Crippen LogP contribution < -0.4 is 0 Å². The number of hydrogen-bond acceptors (Lipinski definition) is 0. The largest absolute Gasteiger partial charge is 0.0591 e. The van der Waals surface area contributed by atoms with E-state index in [-0.39, 0.29) is 0 Å². The lowest BCUT2D eigenvalue weighted by molar-refractivity contribution is 0.00386. The summed E-state index contributed by atoms with van der Waals surface area (Å²) in [4.78, 5) is 0. The summed E-state index contributed by atoms with van der Waals surface area (Å²) in [5.74, 6) is 2.17. The molecule has 3 atom stereocenters. The minimum absolute atomic E-state index is 0.719. The molecule has 86 valence electrons. The Morgan fingerprint density at radius 3 is 2.13 bits per heavy atom. The molecule has 0 aromatic rings. The molecule has 0 N–H and O–H groups in total. The van der Waals surface area contributed by atoms with E-state index in [0.717, 1.165) is 22.7 Å². The molecule has 0 aliphatic heterocycles. The van der Waals surface area contributed by atoms with E-state index in [0.29, 0.717) is 0 Å². The molecule has 0 nitrogen and oxygen atoms in total. The molecule has 3 saturated carbocycles. The maximum atomic E-state index is 2.64. The summed E-state index contributed by atoms with van der Waals surface area (Å²) < 4.78 is 0. The van der Waals surface area contributed by atoms with Gasteiger partial charge >= 0.3 is 0 Å². The van der Waals surface area contributed by atoms with E-state index in [1.165, 1.54) is 25.7 Å². The maximum Gasteiger partial charge on any atom is -0.0241 e. The molecule has 0 amide bonds. The van der Waals surface area contributed by atoms with Crippen molar-refractivity contribution in [2.75, 3.05) is 0 Å². The van der Waals surface area contributed by atoms with Crippen LogP contribution >= 0.6 is 0 Å². The van der Waals surface area contributed by atoms with Crippen LogP contribution in [0.1, 0.15) is 71.6 Å². The summed E-state index contributed by atoms with van der Waals surface area (Å²) >= 11 is 0. The maximum absolute atomic E-state index is 2.64. The fraction of sp³-hybridized carbons (Fsp3) is 1.00. The Kier molecular flexibility index (Phi) is 2.20. The van der Waals surface area contributed by atoms with E-state index < -0.39 is 0 Å². The van der Waals surface area contributed by atoms with Gasteiger partial charge in [0.2, 0.25) is 0 Å². The zero-order valence-electron chi connectivity index (χ0n) is 10.5. The Balaban J connectivity index is 1.83. The minimum Gasteiger partial charge on any atom is -0.0591 e. The topological polar surface area (TPSA) is 0 Å². The standard InChI is InChI=1S/C15H26/c1-14-9-8-12(10-14)11-15(14,2)13-6-4-3-5-7-13/h12-13H,3-11H2,1-2H3. The first-order chi connectivity index (χ1) is 7.14. The van der Waals surface area contributed by atoms with Gasteiger partial charge in [-0.2, -0.15) is 0 Å². The Morgan fingerprint density at radius 2 is 1.60 bits per heavy atom. The quantitative estimate of drug-likeness (QED) is 0.579. The summed E-state index contributed by atoms with van der Waals surface area (Å²) in [6, 6.07) is 0. The van der Waals surface area contributed by atoms with Crippen LogP contribution in [0.5, 0.6) is 0 Å². The van der Waals surface area contributed by atoms with Gasteiger partial charge in [-0.25, -0.2) is 0 Å². The summed E-state index contributed by atoms with van der Waals surface area (Å²) in [6.45, 7) is 5.25. The van der Waals surface area contributed by atoms with Crippen molar-refractivity contribution in [1.29, 1.82) is 0 Å². The van der Waals surface area contributed by atoms with Crippen molar-refractivity contribution in [3.8, 4) is 0 Å². The molecule has 3 aliphatic rings. The van der Waals surface area contributed by atoms with Crippen LogP contribution in [0.15, 0.2) is 0 Å². The zero-order chi connectivity index (χ0) is 10.5. The molecule has 3 aliphatic carbocycles. The van der Waals surface area contributed by atoms with Crippen LogP contribution in [-0.4, -0.2) is 0 Å². The number of fused-ring (bicyclic) bond motifs is 2. The highest BCUT2D eigenvalue weighted by atomic mass is 14.6. The Bertz CT molecular complexity index is 251. The van der Waals surface area contributed by atoms with E-state index in [9.17, 15) is 0 Å². The summed E-state index contributed by atoms with van der Waals surface area (Å²) in [5.41, 5.74) is 1.44. The summed E-state index contributed by atoms with van der Waals surface area (Å²) in [5, 5.41) is 0. The van der Waals surface area contributed by atoms with Crippen LogP contribution in [0.4, 0.5) is 0 Å². The molecule has 0 radical (unpaired) electrons. The van der Waals surface area contributed by atoms with Gasteiger partial charge in [-0.05, 0) is 61.2 Å². The summed E-state index contributed by atoms with van der Waals surface area (Å²) in [7, 11) is 0. The predicted molar refractivity (Wildman–Crippen MR) is 64.7 cm³/mol. The molecule has 0 heterocycles. The minimum atomic E-state index is 0.719. The average molecular weight is 206 g/mol. The Morgan fingerprint density at radius 1 is 0.867 bits per heavy atom. The van der Waals surface area contributed by atoms with Crippen LogP contribution in [0.3, 0.4) is 0 Å². The highest BCUT2D eigenvalue weighted by molar-refractivity contribution is 5.08. The van der Waals surface area contributed by atoms with E-state index in [2.05, 4.69) is 13.8 Å². The highest BCUT2D eigenvalue weighted by Crippen LogP contribution is 2.68. The van der Waals surface area contributed by atoms with Crippen molar-refractivity contribution < 1.29 is 0 Å². The first-order valence-corrected chi connectivity index (χ1v) is 7.14. The van der Waals surface area contributed by atoms with Gasteiger partial charge in [-0.1, -0.05) is 33.1 Å². The zero-order valence-corrected chi connectivity index (χ0v) is 10.5. The molecule has 3 fully saturated rings. The average Bonchev–Trinajstić information content (AvgIpc) is 2.73. The first-order valence-electron chi connectivity index (χ1n) is 7.14. The summed E-state index contributed by atoms with van der Waals surface area (Å²) in [6.07, 6.45) is 13.8. The second kappa shape index (κ2) is 3.25. The fourth-order valence-electron chi connectivity index (χ4n) is 5.30. The normalized spacial score (nSPS) is 51.2. The lowest BCUT2D eigenvalue weighted by Crippen LogP contribution is -2.40. The molecule has 2 bridgehead atoms. The van der Waals surface area contributed by atoms with E-state index in [1.807, 2.05) is 0 Å². The van der Waals surface area contributed by atoms with Gasteiger partial charge in [-0.15, -0.1) is 0 Å². The van der Waals surface area contributed by atoms with Crippen molar-refractivity contribution in [3.63, 3.8) is 0 Å². The molecule has 0 aromatic carbocycles. The number of rotatable bonds is 1. The lowest BCUT2D eigenvalue weighted by Gasteiger charge is -2.49. The van der Waals surface area contributed by atoms with Crippen LogP contribution in [0, 0.1) is 22.7 Å². The third kappa shape index (κ3) is 1.33. The molecular formula is C15H26. The molecule has 3 unspecified atom stereocenters. The second-order valence-electron chi connectivity index (χ2n) is 7.13. The van der Waals surface area contributed by atoms with Gasteiger partial charge in [0, 0.05) is 0 Å². The second-order valence-corrected chi connectivity index (χ2v) is 7.13. The lowest BCUT2D eigenvalue weighted by atomic mass is 9.56. The van der Waals surface area contributed by atoms with E-state index >= 15 is 0 Å². The van der Waals surface area contributed by atoms with E-state index in [4.69, 9.17) is 0 Å². The third-order valence-corrected chi connectivity index (χ3v) is 6.44. The molecule has 0 aromatic heterocycles. The Hall–Kier alpha value is 0. The van der Waals surface area contributed by atoms with Gasteiger partial charge in [0.1, 0.15) is 0 Å². The van der Waals surface area contributed by atoms with Gasteiger partial charge in [0.25, 0.3) is 0 Å². The fourth-order valence-corrected chi connectivity index (χ4v) is 5.30. The molecule has 0 saturated heterocycles. The smallest absolute Gasteiger partial charge is 0.0241 e. The van der Waals surface area contributed by atoms with Crippen LogP contribution in [0.25, 0.3) is 0 Å². The monoisotopic (exact) mass is 206 g/mol. The van der Waals surface area contributed by atoms with Gasteiger partial charge in [-0.3, -0.25) is 0 Å². The first kappa shape index (κ1) is 10.2. The molecule has 0 heteroatoms. The van der Waals surface area contributed by atoms with Gasteiger partial charge in [0.15, 0.2) is 0 Å². The highest BCUT2D eigenvalue weighted by Gasteiger charge is 2.58. The van der Waals surface area contributed by atoms with Gasteiger partial charge < -0.3 is 0 Å². The van der Waals surface area contributed by atoms with Gasteiger partial charge in [0.05, 0.1) is 0 Å². The van der Waals surface area contributed by atoms with Crippen molar-refractivity contribution >= 4 is 0 Å². The van der Waals surface area contributed by atoms with Crippen molar-refractivity contribution in [1.82, 2.24) is 0 Å². The SMILES string of the molecule is CC12CCC(C1)CC2(C)C1CCCCC1. The van der Waals surface area contributed by atoms with Crippen molar-refractivity contribution in [3.05, 3.63) is 0 Å². The van der Waals surface area contributed by atoms with Crippen LogP contribution in [-0.2, 0) is 0 Å². The molecule has 15 heavy (non-hydrogen) atoms. The predicted octanol–water partition coefficient (Wildman–Crippen LogP) is 4.78. The van der Waals surface area contributed by atoms with Crippen molar-refractivity contribution in [2.24, 2.45) is 22.7 Å². The number of hydrogen-bond donors (Lipinski definition) is 0. The third-order valence-electron chi connectivity index (χ3n) is 6.44. The van der Waals surface area contributed by atoms with Crippen molar-refractivity contribution in [2.45, 2.75) is 71.6 Å². The molecule has 3 rings (SSSR count). The molecule has 0 spiro atoms.